The van der Waals surface area contributed by atoms with Crippen LogP contribution in [0.3, 0.4) is 0 Å². The predicted molar refractivity (Wildman–Crippen MR) is 114 cm³/mol. The van der Waals surface area contributed by atoms with Gasteiger partial charge in [-0.2, -0.15) is 0 Å². The van der Waals surface area contributed by atoms with Gasteiger partial charge in [0.15, 0.2) is 5.13 Å². The molecule has 1 aromatic heterocycles. The van der Waals surface area contributed by atoms with E-state index in [2.05, 4.69) is 15.2 Å². The maximum atomic E-state index is 12.6. The number of carbonyl (C=O) groups excluding carboxylic acids is 2. The van der Waals surface area contributed by atoms with E-state index >= 15 is 0 Å². The fraction of sp³-hybridized carbons (Fsp3) is 0.450. The molecular formula is C20H25ClN4O2S. The number of nitrogens with one attached hydrogen (secondary N) is 1. The Morgan fingerprint density at radius 2 is 1.86 bits per heavy atom. The van der Waals surface area contributed by atoms with Crippen LogP contribution in [0.1, 0.15) is 26.5 Å². The van der Waals surface area contributed by atoms with Crippen molar-refractivity contribution in [3.63, 3.8) is 0 Å². The lowest BCUT2D eigenvalue weighted by atomic mass is 9.96. The zero-order chi connectivity index (χ0) is 20.3. The van der Waals surface area contributed by atoms with Crippen molar-refractivity contribution in [3.8, 4) is 0 Å². The van der Waals surface area contributed by atoms with Gasteiger partial charge in [0.2, 0.25) is 11.8 Å². The number of carbonyl (C=O) groups is 2. The minimum absolute atomic E-state index is 0.0535. The maximum Gasteiger partial charge on any atom is 0.231 e. The van der Waals surface area contributed by atoms with Gasteiger partial charge in [0.1, 0.15) is 0 Å². The van der Waals surface area contributed by atoms with Crippen LogP contribution in [0.2, 0.25) is 5.02 Å². The van der Waals surface area contributed by atoms with Crippen LogP contribution in [0.4, 0.5) is 10.8 Å². The van der Waals surface area contributed by atoms with E-state index in [4.69, 9.17) is 11.6 Å². The number of benzene rings is 1. The van der Waals surface area contributed by atoms with Crippen LogP contribution in [0.5, 0.6) is 0 Å². The lowest BCUT2D eigenvalue weighted by molar-refractivity contribution is -0.130. The van der Waals surface area contributed by atoms with Gasteiger partial charge in [0, 0.05) is 37.0 Å². The molecular weight excluding hydrogens is 396 g/mol. The number of hydrogen-bond donors (Lipinski definition) is 1. The number of halogens is 1. The molecule has 2 amide bonds. The molecule has 3 rings (SSSR count). The Kier molecular flexibility index (Phi) is 6.25. The third-order valence-electron chi connectivity index (χ3n) is 4.61. The normalized spacial score (nSPS) is 14.9. The van der Waals surface area contributed by atoms with Gasteiger partial charge in [-0.3, -0.25) is 9.59 Å². The van der Waals surface area contributed by atoms with Crippen LogP contribution in [-0.2, 0) is 16.0 Å². The average molecular weight is 421 g/mol. The van der Waals surface area contributed by atoms with Crippen LogP contribution in [0.25, 0.3) is 0 Å². The summed E-state index contributed by atoms with van der Waals surface area (Å²) in [6.45, 7) is 8.36. The molecule has 150 valence electrons. The van der Waals surface area contributed by atoms with Crippen molar-refractivity contribution < 1.29 is 9.59 Å². The van der Waals surface area contributed by atoms with Crippen molar-refractivity contribution >= 4 is 45.6 Å². The molecule has 0 radical (unpaired) electrons. The van der Waals surface area contributed by atoms with Gasteiger partial charge < -0.3 is 15.1 Å². The van der Waals surface area contributed by atoms with E-state index in [0.717, 1.165) is 23.8 Å². The first-order chi connectivity index (χ1) is 13.2. The molecule has 1 aliphatic rings. The molecule has 0 aliphatic carbocycles. The van der Waals surface area contributed by atoms with E-state index in [-0.39, 0.29) is 18.2 Å². The van der Waals surface area contributed by atoms with E-state index in [9.17, 15) is 9.59 Å². The number of para-hydroxylation sites is 1. The molecule has 6 nitrogen and oxygen atoms in total. The number of anilines is 2. The SMILES string of the molecule is CC(C)(C)C(=O)Nc1nc(CC(=O)N2CCN(c3ccccc3Cl)CC2)cs1. The smallest absolute Gasteiger partial charge is 0.231 e. The zero-order valence-electron chi connectivity index (χ0n) is 16.4. The molecule has 0 bridgehead atoms. The summed E-state index contributed by atoms with van der Waals surface area (Å²) in [7, 11) is 0. The highest BCUT2D eigenvalue weighted by Crippen LogP contribution is 2.26. The molecule has 1 saturated heterocycles. The molecule has 0 saturated carbocycles. The fourth-order valence-electron chi connectivity index (χ4n) is 2.90. The Balaban J connectivity index is 1.52. The minimum atomic E-state index is -0.483. The quantitative estimate of drug-likeness (QED) is 0.819. The van der Waals surface area contributed by atoms with E-state index in [0.29, 0.717) is 23.9 Å². The standard InChI is InChI=1S/C20H25ClN4O2S/c1-20(2,3)18(27)23-19-22-14(13-28-19)12-17(26)25-10-8-24(9-11-25)16-7-5-4-6-15(16)21/h4-7,13H,8-12H2,1-3H3,(H,22,23,27). The van der Waals surface area contributed by atoms with Crippen LogP contribution >= 0.6 is 22.9 Å². The highest BCUT2D eigenvalue weighted by atomic mass is 35.5. The third-order valence-corrected chi connectivity index (χ3v) is 5.74. The number of hydrogen-bond acceptors (Lipinski definition) is 5. The number of aromatic nitrogens is 1. The summed E-state index contributed by atoms with van der Waals surface area (Å²) in [6.07, 6.45) is 0.244. The second kappa shape index (κ2) is 8.49. The van der Waals surface area contributed by atoms with Crippen molar-refractivity contribution in [3.05, 3.63) is 40.4 Å². The first kappa shape index (κ1) is 20.6. The second-order valence-corrected chi connectivity index (χ2v) is 9.11. The number of thiazole rings is 1. The topological polar surface area (TPSA) is 65.5 Å². The van der Waals surface area contributed by atoms with Gasteiger partial charge >= 0.3 is 0 Å². The van der Waals surface area contributed by atoms with Crippen molar-refractivity contribution in [2.75, 3.05) is 36.4 Å². The van der Waals surface area contributed by atoms with E-state index in [1.165, 1.54) is 11.3 Å². The van der Waals surface area contributed by atoms with Gasteiger partial charge in [0.05, 0.1) is 22.8 Å². The van der Waals surface area contributed by atoms with Gasteiger partial charge in [-0.05, 0) is 12.1 Å². The summed E-state index contributed by atoms with van der Waals surface area (Å²) in [6, 6.07) is 7.77. The minimum Gasteiger partial charge on any atom is -0.367 e. The molecule has 2 aromatic rings. The van der Waals surface area contributed by atoms with Crippen molar-refractivity contribution in [1.82, 2.24) is 9.88 Å². The molecule has 1 aromatic carbocycles. The van der Waals surface area contributed by atoms with E-state index < -0.39 is 5.41 Å². The molecule has 2 heterocycles. The summed E-state index contributed by atoms with van der Waals surface area (Å²) in [5.74, 6) is -0.0340. The molecule has 8 heteroatoms. The van der Waals surface area contributed by atoms with Gasteiger partial charge in [-0.15, -0.1) is 11.3 Å². The van der Waals surface area contributed by atoms with Crippen LogP contribution < -0.4 is 10.2 Å². The Morgan fingerprint density at radius 1 is 1.18 bits per heavy atom. The molecule has 0 spiro atoms. The summed E-state index contributed by atoms with van der Waals surface area (Å²) >= 11 is 7.62. The number of amides is 2. The first-order valence-corrected chi connectivity index (χ1v) is 10.5. The fourth-order valence-corrected chi connectivity index (χ4v) is 3.86. The van der Waals surface area contributed by atoms with Gasteiger partial charge in [-0.25, -0.2) is 4.98 Å². The lowest BCUT2D eigenvalue weighted by Crippen LogP contribution is -2.49. The van der Waals surface area contributed by atoms with Gasteiger partial charge in [0.25, 0.3) is 0 Å². The van der Waals surface area contributed by atoms with Crippen molar-refractivity contribution in [1.29, 1.82) is 0 Å². The summed E-state index contributed by atoms with van der Waals surface area (Å²) in [4.78, 5) is 33.1. The maximum absolute atomic E-state index is 12.6. The van der Waals surface area contributed by atoms with E-state index in [1.807, 2.05) is 55.3 Å². The van der Waals surface area contributed by atoms with E-state index in [1.54, 1.807) is 0 Å². The first-order valence-electron chi connectivity index (χ1n) is 9.27. The number of piperazine rings is 1. The predicted octanol–water partition coefficient (Wildman–Crippen LogP) is 3.67. The van der Waals surface area contributed by atoms with Gasteiger partial charge in [-0.1, -0.05) is 44.5 Å². The number of rotatable bonds is 4. The molecule has 0 atom stereocenters. The highest BCUT2D eigenvalue weighted by molar-refractivity contribution is 7.13. The van der Waals surface area contributed by atoms with Crippen LogP contribution in [-0.4, -0.2) is 47.9 Å². The number of nitrogens with zero attached hydrogens (tertiary/aromatic N) is 3. The zero-order valence-corrected chi connectivity index (χ0v) is 17.9. The Morgan fingerprint density at radius 3 is 2.50 bits per heavy atom. The molecule has 1 fully saturated rings. The Labute approximate surface area is 174 Å². The second-order valence-electron chi connectivity index (χ2n) is 7.84. The Hall–Kier alpha value is -2.12. The molecule has 0 unspecified atom stereocenters. The highest BCUT2D eigenvalue weighted by Gasteiger charge is 2.24. The molecule has 1 N–H and O–H groups in total. The summed E-state index contributed by atoms with van der Waals surface area (Å²) in [5.41, 5.74) is 1.21. The molecule has 28 heavy (non-hydrogen) atoms. The summed E-state index contributed by atoms with van der Waals surface area (Å²) in [5, 5.41) is 5.90. The Bertz CT molecular complexity index is 854. The third kappa shape index (κ3) is 5.02. The largest absolute Gasteiger partial charge is 0.367 e. The lowest BCUT2D eigenvalue weighted by Gasteiger charge is -2.36. The molecule has 1 aliphatic heterocycles. The monoisotopic (exact) mass is 420 g/mol. The summed E-state index contributed by atoms with van der Waals surface area (Å²) < 4.78 is 0. The van der Waals surface area contributed by atoms with Crippen LogP contribution in [0, 0.1) is 5.41 Å². The van der Waals surface area contributed by atoms with Crippen molar-refractivity contribution in [2.45, 2.75) is 27.2 Å². The van der Waals surface area contributed by atoms with Crippen molar-refractivity contribution in [2.24, 2.45) is 5.41 Å². The average Bonchev–Trinajstić information content (AvgIpc) is 3.08. The van der Waals surface area contributed by atoms with Crippen LogP contribution in [0.15, 0.2) is 29.6 Å².